The van der Waals surface area contributed by atoms with Crippen molar-refractivity contribution in [3.05, 3.63) is 22.4 Å². The lowest BCUT2D eigenvalue weighted by molar-refractivity contribution is -0.119. The van der Waals surface area contributed by atoms with Crippen molar-refractivity contribution in [2.24, 2.45) is 0 Å². The molecule has 2 heterocycles. The van der Waals surface area contributed by atoms with Crippen LogP contribution in [0.1, 0.15) is 25.3 Å². The number of thiophene rings is 1. The smallest absolute Gasteiger partial charge is 0.230 e. The Hall–Kier alpha value is -0.520. The molecule has 0 spiro atoms. The second-order valence-corrected chi connectivity index (χ2v) is 7.13. The van der Waals surface area contributed by atoms with Crippen molar-refractivity contribution in [2.75, 3.05) is 18.8 Å². The van der Waals surface area contributed by atoms with Crippen molar-refractivity contribution in [3.63, 3.8) is 0 Å². The van der Waals surface area contributed by atoms with Gasteiger partial charge in [0.2, 0.25) is 5.91 Å². The summed E-state index contributed by atoms with van der Waals surface area (Å²) in [6.45, 7) is 4.26. The summed E-state index contributed by atoms with van der Waals surface area (Å²) in [5.74, 6) is 0.768. The highest BCUT2D eigenvalue weighted by molar-refractivity contribution is 8.00. The van der Waals surface area contributed by atoms with E-state index in [-0.39, 0.29) is 11.9 Å². The Morgan fingerprint density at radius 3 is 3.05 bits per heavy atom. The first-order valence-corrected chi connectivity index (χ1v) is 8.86. The van der Waals surface area contributed by atoms with Crippen LogP contribution in [0, 0.1) is 0 Å². The van der Waals surface area contributed by atoms with Crippen LogP contribution >= 0.6 is 23.1 Å². The van der Waals surface area contributed by atoms with Gasteiger partial charge in [0.05, 0.1) is 5.75 Å². The van der Waals surface area contributed by atoms with Crippen LogP contribution in [0.2, 0.25) is 0 Å². The van der Waals surface area contributed by atoms with Gasteiger partial charge in [-0.3, -0.25) is 4.79 Å². The average molecular weight is 298 g/mol. The number of hydrogen-bond donors (Lipinski definition) is 2. The Morgan fingerprint density at radius 1 is 1.58 bits per heavy atom. The summed E-state index contributed by atoms with van der Waals surface area (Å²) < 4.78 is 0. The fourth-order valence-electron chi connectivity index (χ4n) is 2.29. The predicted molar refractivity (Wildman–Crippen MR) is 84.0 cm³/mol. The SMILES string of the molecule is CC(Cc1ccsc1)NC(=O)CSC1CCNCC1. The maximum absolute atomic E-state index is 11.9. The molecule has 1 fully saturated rings. The molecule has 3 nitrogen and oxygen atoms in total. The summed E-state index contributed by atoms with van der Waals surface area (Å²) in [4.78, 5) is 11.9. The van der Waals surface area contributed by atoms with Crippen LogP contribution in [0.15, 0.2) is 16.8 Å². The molecule has 1 saturated heterocycles. The minimum atomic E-state index is 0.172. The van der Waals surface area contributed by atoms with Gasteiger partial charge in [-0.05, 0) is 61.7 Å². The van der Waals surface area contributed by atoms with Crippen molar-refractivity contribution in [2.45, 2.75) is 37.5 Å². The molecule has 1 aliphatic rings. The van der Waals surface area contributed by atoms with Gasteiger partial charge in [0.25, 0.3) is 0 Å². The van der Waals surface area contributed by atoms with Gasteiger partial charge in [0, 0.05) is 11.3 Å². The largest absolute Gasteiger partial charge is 0.353 e. The Morgan fingerprint density at radius 2 is 2.37 bits per heavy atom. The summed E-state index contributed by atoms with van der Waals surface area (Å²) in [6, 6.07) is 2.34. The van der Waals surface area contributed by atoms with Crippen molar-refractivity contribution in [1.82, 2.24) is 10.6 Å². The van der Waals surface area contributed by atoms with Crippen LogP contribution in [-0.4, -0.2) is 36.0 Å². The van der Waals surface area contributed by atoms with Gasteiger partial charge in [-0.1, -0.05) is 0 Å². The molecule has 106 valence electrons. The minimum absolute atomic E-state index is 0.172. The van der Waals surface area contributed by atoms with Crippen LogP contribution < -0.4 is 10.6 Å². The second-order valence-electron chi connectivity index (χ2n) is 5.06. The maximum atomic E-state index is 11.9. The lowest BCUT2D eigenvalue weighted by Gasteiger charge is -2.22. The van der Waals surface area contributed by atoms with E-state index in [2.05, 4.69) is 34.4 Å². The monoisotopic (exact) mass is 298 g/mol. The Bertz CT molecular complexity index is 375. The van der Waals surface area contributed by atoms with E-state index in [0.717, 1.165) is 19.5 Å². The van der Waals surface area contributed by atoms with Crippen LogP contribution in [0.3, 0.4) is 0 Å². The number of amides is 1. The highest BCUT2D eigenvalue weighted by Crippen LogP contribution is 2.19. The van der Waals surface area contributed by atoms with E-state index in [1.54, 1.807) is 23.1 Å². The van der Waals surface area contributed by atoms with Gasteiger partial charge in [-0.25, -0.2) is 0 Å². The van der Waals surface area contributed by atoms with Gasteiger partial charge in [-0.2, -0.15) is 11.3 Å². The summed E-state index contributed by atoms with van der Waals surface area (Å²) in [7, 11) is 0. The topological polar surface area (TPSA) is 41.1 Å². The van der Waals surface area contributed by atoms with Crippen molar-refractivity contribution < 1.29 is 4.79 Å². The van der Waals surface area contributed by atoms with Crippen LogP contribution in [0.25, 0.3) is 0 Å². The molecule has 1 amide bonds. The number of hydrogen-bond acceptors (Lipinski definition) is 4. The molecule has 1 aliphatic heterocycles. The van der Waals surface area contributed by atoms with Gasteiger partial charge in [-0.15, -0.1) is 11.8 Å². The molecular weight excluding hydrogens is 276 g/mol. The molecule has 1 aromatic rings. The van der Waals surface area contributed by atoms with Crippen LogP contribution in [0.5, 0.6) is 0 Å². The third-order valence-electron chi connectivity index (χ3n) is 3.27. The first-order chi connectivity index (χ1) is 9.24. The number of carbonyl (C=O) groups is 1. The van der Waals surface area contributed by atoms with E-state index in [4.69, 9.17) is 0 Å². The fraction of sp³-hybridized carbons (Fsp3) is 0.643. The van der Waals surface area contributed by atoms with E-state index in [1.165, 1.54) is 18.4 Å². The zero-order valence-corrected chi connectivity index (χ0v) is 13.0. The zero-order chi connectivity index (χ0) is 13.5. The lowest BCUT2D eigenvalue weighted by atomic mass is 10.1. The Balaban J connectivity index is 1.63. The molecule has 0 aromatic carbocycles. The molecule has 1 unspecified atom stereocenters. The molecule has 0 radical (unpaired) electrons. The third-order valence-corrected chi connectivity index (χ3v) is 5.37. The minimum Gasteiger partial charge on any atom is -0.353 e. The second kappa shape index (κ2) is 7.92. The maximum Gasteiger partial charge on any atom is 0.230 e. The first kappa shape index (κ1) is 14.9. The quantitative estimate of drug-likeness (QED) is 0.846. The molecule has 1 aromatic heterocycles. The molecule has 2 N–H and O–H groups in total. The van der Waals surface area contributed by atoms with Gasteiger partial charge < -0.3 is 10.6 Å². The molecule has 0 saturated carbocycles. The van der Waals surface area contributed by atoms with E-state index >= 15 is 0 Å². The molecular formula is C14H22N2OS2. The highest BCUT2D eigenvalue weighted by Gasteiger charge is 2.15. The first-order valence-electron chi connectivity index (χ1n) is 6.87. The molecule has 0 bridgehead atoms. The van der Waals surface area contributed by atoms with E-state index < -0.39 is 0 Å². The van der Waals surface area contributed by atoms with Crippen LogP contribution in [-0.2, 0) is 11.2 Å². The molecule has 5 heteroatoms. The normalized spacial score (nSPS) is 18.2. The molecule has 19 heavy (non-hydrogen) atoms. The predicted octanol–water partition coefficient (Wildman–Crippen LogP) is 2.28. The van der Waals surface area contributed by atoms with Crippen molar-refractivity contribution in [1.29, 1.82) is 0 Å². The summed E-state index contributed by atoms with van der Waals surface area (Å²) in [6.07, 6.45) is 3.29. The van der Waals surface area contributed by atoms with Gasteiger partial charge in [0.15, 0.2) is 0 Å². The van der Waals surface area contributed by atoms with Gasteiger partial charge in [0.1, 0.15) is 0 Å². The van der Waals surface area contributed by atoms with E-state index in [0.29, 0.717) is 11.0 Å². The highest BCUT2D eigenvalue weighted by atomic mass is 32.2. The summed E-state index contributed by atoms with van der Waals surface area (Å²) >= 11 is 3.51. The number of piperidine rings is 1. The summed E-state index contributed by atoms with van der Waals surface area (Å²) in [5.41, 5.74) is 1.31. The molecule has 1 atom stereocenters. The number of carbonyl (C=O) groups excluding carboxylic acids is 1. The van der Waals surface area contributed by atoms with E-state index in [1.807, 2.05) is 0 Å². The lowest BCUT2D eigenvalue weighted by Crippen LogP contribution is -2.36. The van der Waals surface area contributed by atoms with Crippen molar-refractivity contribution in [3.8, 4) is 0 Å². The van der Waals surface area contributed by atoms with Crippen LogP contribution in [0.4, 0.5) is 0 Å². The van der Waals surface area contributed by atoms with Gasteiger partial charge >= 0.3 is 0 Å². The summed E-state index contributed by atoms with van der Waals surface area (Å²) in [5, 5.41) is 11.3. The third kappa shape index (κ3) is 5.55. The van der Waals surface area contributed by atoms with E-state index in [9.17, 15) is 4.79 Å². The number of thioether (sulfide) groups is 1. The number of nitrogens with one attached hydrogen (secondary N) is 2. The Kier molecular flexibility index (Phi) is 6.20. The van der Waals surface area contributed by atoms with Crippen molar-refractivity contribution >= 4 is 29.0 Å². The Labute approximate surface area is 123 Å². The fourth-order valence-corrected chi connectivity index (χ4v) is 4.01. The standard InChI is InChI=1S/C14H22N2OS2/c1-11(8-12-4-7-18-9-12)16-14(17)10-19-13-2-5-15-6-3-13/h4,7,9,11,13,15H,2-3,5-6,8,10H2,1H3,(H,16,17). The zero-order valence-electron chi connectivity index (χ0n) is 11.4. The molecule has 0 aliphatic carbocycles. The average Bonchev–Trinajstić information content (AvgIpc) is 2.90. The number of rotatable bonds is 6. The molecule has 2 rings (SSSR count).